The van der Waals surface area contributed by atoms with Gasteiger partial charge in [0.2, 0.25) is 0 Å². The molecule has 38 heavy (non-hydrogen) atoms. The number of aryl methyl sites for hydroxylation is 1. The molecular formula is C26H24ClN7O3S. The van der Waals surface area contributed by atoms with Gasteiger partial charge in [0.15, 0.2) is 17.3 Å². The number of hydrogen-bond donors (Lipinski definition) is 2. The number of piperidine rings is 1. The van der Waals surface area contributed by atoms with Crippen LogP contribution in [0.25, 0.3) is 22.4 Å². The van der Waals surface area contributed by atoms with E-state index in [2.05, 4.69) is 19.8 Å². The lowest BCUT2D eigenvalue weighted by Gasteiger charge is -2.48. The zero-order valence-corrected chi connectivity index (χ0v) is 22.1. The Kier molecular flexibility index (Phi) is 5.98. The average Bonchev–Trinajstić information content (AvgIpc) is 3.33. The molecule has 2 saturated heterocycles. The third-order valence-electron chi connectivity index (χ3n) is 7.11. The molecule has 0 atom stereocenters. The highest BCUT2D eigenvalue weighted by molar-refractivity contribution is 7.92. The number of rotatable bonds is 5. The van der Waals surface area contributed by atoms with Gasteiger partial charge < -0.3 is 9.64 Å². The van der Waals surface area contributed by atoms with Crippen molar-refractivity contribution >= 4 is 44.2 Å². The van der Waals surface area contributed by atoms with Crippen LogP contribution in [0.3, 0.4) is 0 Å². The Labute approximate surface area is 224 Å². The van der Waals surface area contributed by atoms with Crippen LogP contribution in [0.2, 0.25) is 5.02 Å². The topological polar surface area (TPSA) is 137 Å². The first-order chi connectivity index (χ1) is 18.3. The highest BCUT2D eigenvalue weighted by atomic mass is 35.5. The summed E-state index contributed by atoms with van der Waals surface area (Å²) < 4.78 is 33.8. The van der Waals surface area contributed by atoms with Gasteiger partial charge in [0.05, 0.1) is 29.9 Å². The van der Waals surface area contributed by atoms with Crippen LogP contribution in [-0.2, 0) is 14.8 Å². The Morgan fingerprint density at radius 2 is 1.97 bits per heavy atom. The van der Waals surface area contributed by atoms with Crippen LogP contribution < -0.4 is 9.62 Å². The SMILES string of the molecule is Cc1nc(-c2ccc(NS(=O)(=O)c3cc(Cl)ccc3C#N)cc2)nc2[nH]nc(N3CCCC4(COC4)C3)c12. The van der Waals surface area contributed by atoms with E-state index in [0.29, 0.717) is 17.2 Å². The Hall–Kier alpha value is -3.72. The fraction of sp³-hybridized carbons (Fsp3) is 0.308. The van der Waals surface area contributed by atoms with Crippen molar-refractivity contribution in [1.29, 1.82) is 5.26 Å². The van der Waals surface area contributed by atoms with E-state index < -0.39 is 10.0 Å². The first kappa shape index (κ1) is 24.6. The summed E-state index contributed by atoms with van der Waals surface area (Å²) >= 11 is 5.96. The molecule has 0 amide bonds. The average molecular weight is 550 g/mol. The van der Waals surface area contributed by atoms with Gasteiger partial charge in [-0.05, 0) is 62.2 Å². The number of nitrogens with one attached hydrogen (secondary N) is 2. The molecule has 1 spiro atoms. The molecule has 4 heterocycles. The van der Waals surface area contributed by atoms with E-state index >= 15 is 0 Å². The largest absolute Gasteiger partial charge is 0.380 e. The minimum atomic E-state index is -4.02. The monoisotopic (exact) mass is 549 g/mol. The summed E-state index contributed by atoms with van der Waals surface area (Å²) in [6.07, 6.45) is 2.27. The summed E-state index contributed by atoms with van der Waals surface area (Å²) in [6, 6.07) is 12.7. The van der Waals surface area contributed by atoms with Crippen LogP contribution in [0.15, 0.2) is 47.4 Å². The zero-order chi connectivity index (χ0) is 26.5. The van der Waals surface area contributed by atoms with Crippen molar-refractivity contribution in [2.75, 3.05) is 35.9 Å². The number of H-pyrrole nitrogens is 1. The number of aromatic amines is 1. The Balaban J connectivity index is 1.25. The Morgan fingerprint density at radius 3 is 2.68 bits per heavy atom. The molecule has 0 bridgehead atoms. The second-order valence-electron chi connectivity index (χ2n) is 9.86. The molecule has 194 valence electrons. The van der Waals surface area contributed by atoms with Crippen molar-refractivity contribution in [2.24, 2.45) is 5.41 Å². The first-order valence-corrected chi connectivity index (χ1v) is 14.0. The summed E-state index contributed by atoms with van der Waals surface area (Å²) in [4.78, 5) is 11.6. The maximum Gasteiger partial charge on any atom is 0.263 e. The molecule has 0 aliphatic carbocycles. The smallest absolute Gasteiger partial charge is 0.263 e. The molecule has 0 radical (unpaired) electrons. The van der Waals surface area contributed by atoms with Crippen LogP contribution in [-0.4, -0.2) is 54.9 Å². The lowest BCUT2D eigenvalue weighted by Crippen LogP contribution is -2.54. The van der Waals surface area contributed by atoms with E-state index in [4.69, 9.17) is 26.3 Å². The maximum absolute atomic E-state index is 12.9. The van der Waals surface area contributed by atoms with Crippen LogP contribution >= 0.6 is 11.6 Å². The van der Waals surface area contributed by atoms with Gasteiger partial charge in [-0.25, -0.2) is 18.4 Å². The molecular weight excluding hydrogens is 526 g/mol. The lowest BCUT2D eigenvalue weighted by molar-refractivity contribution is -0.117. The standard InChI is InChI=1S/C26H24ClN7O3S/c1-16-22-24(31-32-25(22)34-10-2-9-26(13-34)14-37-15-26)30-23(29-16)17-4-7-20(8-5-17)33-38(35,36)21-11-19(27)6-3-18(21)12-28/h3-8,11,33H,2,9-10,13-15H2,1H3,(H,29,30,31,32). The van der Waals surface area contributed by atoms with E-state index in [1.807, 2.05) is 13.0 Å². The van der Waals surface area contributed by atoms with Crippen LogP contribution in [0, 0.1) is 23.7 Å². The second-order valence-corrected chi connectivity index (χ2v) is 11.9. The van der Waals surface area contributed by atoms with Crippen molar-refractivity contribution in [3.8, 4) is 17.5 Å². The molecule has 2 aliphatic heterocycles. The van der Waals surface area contributed by atoms with Gasteiger partial charge in [-0.2, -0.15) is 10.4 Å². The van der Waals surface area contributed by atoms with Crippen LogP contribution in [0.5, 0.6) is 0 Å². The summed E-state index contributed by atoms with van der Waals surface area (Å²) in [5.74, 6) is 1.38. The summed E-state index contributed by atoms with van der Waals surface area (Å²) in [5.41, 5.74) is 2.76. The van der Waals surface area contributed by atoms with Crippen LogP contribution in [0.1, 0.15) is 24.1 Å². The molecule has 2 aromatic heterocycles. The van der Waals surface area contributed by atoms with Crippen molar-refractivity contribution in [3.05, 3.63) is 58.7 Å². The number of nitrogens with zero attached hydrogens (tertiary/aromatic N) is 5. The normalized spacial score (nSPS) is 16.8. The van der Waals surface area contributed by atoms with Crippen molar-refractivity contribution in [2.45, 2.75) is 24.7 Å². The van der Waals surface area contributed by atoms with E-state index in [1.165, 1.54) is 24.6 Å². The molecule has 2 fully saturated rings. The van der Waals surface area contributed by atoms with Gasteiger partial charge in [0, 0.05) is 34.8 Å². The van der Waals surface area contributed by atoms with Crippen molar-refractivity contribution in [3.63, 3.8) is 0 Å². The Morgan fingerprint density at radius 1 is 1.18 bits per heavy atom. The van der Waals surface area contributed by atoms with Crippen molar-refractivity contribution < 1.29 is 13.2 Å². The fourth-order valence-electron chi connectivity index (χ4n) is 5.16. The van der Waals surface area contributed by atoms with E-state index in [0.717, 1.165) is 55.2 Å². The van der Waals surface area contributed by atoms with Gasteiger partial charge >= 0.3 is 0 Å². The van der Waals surface area contributed by atoms with Gasteiger partial charge in [0.25, 0.3) is 10.0 Å². The number of halogens is 1. The number of hydrogen-bond acceptors (Lipinski definition) is 8. The minimum Gasteiger partial charge on any atom is -0.380 e. The number of aromatic nitrogens is 4. The van der Waals surface area contributed by atoms with E-state index in [9.17, 15) is 13.7 Å². The van der Waals surface area contributed by atoms with Gasteiger partial charge in [0.1, 0.15) is 11.0 Å². The molecule has 2 aromatic carbocycles. The predicted molar refractivity (Wildman–Crippen MR) is 144 cm³/mol. The molecule has 4 aromatic rings. The zero-order valence-electron chi connectivity index (χ0n) is 20.5. The summed E-state index contributed by atoms with van der Waals surface area (Å²) in [5, 5.41) is 18.1. The number of anilines is 2. The number of ether oxygens (including phenoxy) is 1. The lowest BCUT2D eigenvalue weighted by atomic mass is 9.78. The molecule has 10 nitrogen and oxygen atoms in total. The predicted octanol–water partition coefficient (Wildman–Crippen LogP) is 4.27. The maximum atomic E-state index is 12.9. The highest BCUT2D eigenvalue weighted by Crippen LogP contribution is 2.40. The van der Waals surface area contributed by atoms with Gasteiger partial charge in [-0.15, -0.1) is 0 Å². The third-order valence-corrected chi connectivity index (χ3v) is 8.76. The Bertz CT molecular complexity index is 1690. The van der Waals surface area contributed by atoms with Crippen molar-refractivity contribution in [1.82, 2.24) is 20.2 Å². The quantitative estimate of drug-likeness (QED) is 0.376. The van der Waals surface area contributed by atoms with Gasteiger partial charge in [-0.3, -0.25) is 9.82 Å². The number of benzene rings is 2. The molecule has 2 aliphatic rings. The summed E-state index contributed by atoms with van der Waals surface area (Å²) in [6.45, 7) is 5.40. The highest BCUT2D eigenvalue weighted by Gasteiger charge is 2.43. The molecule has 6 rings (SSSR count). The summed E-state index contributed by atoms with van der Waals surface area (Å²) in [7, 11) is -4.02. The minimum absolute atomic E-state index is 0.00960. The first-order valence-electron chi connectivity index (χ1n) is 12.2. The molecule has 0 unspecified atom stereocenters. The van der Waals surface area contributed by atoms with Gasteiger partial charge in [-0.1, -0.05) is 11.6 Å². The van der Waals surface area contributed by atoms with E-state index in [1.54, 1.807) is 24.3 Å². The second kappa shape index (κ2) is 9.23. The van der Waals surface area contributed by atoms with E-state index in [-0.39, 0.29) is 20.9 Å². The third kappa shape index (κ3) is 4.34. The molecule has 0 saturated carbocycles. The number of fused-ring (bicyclic) bond motifs is 1. The van der Waals surface area contributed by atoms with Crippen LogP contribution in [0.4, 0.5) is 11.5 Å². The fourth-order valence-corrected chi connectivity index (χ4v) is 6.64. The number of sulfonamides is 1. The number of nitriles is 1. The molecule has 2 N–H and O–H groups in total. The molecule has 12 heteroatoms.